The van der Waals surface area contributed by atoms with Crippen molar-refractivity contribution >= 4 is 32.7 Å². The number of hydrogen-bond acceptors (Lipinski definition) is 7. The number of nitrogens with zero attached hydrogens (tertiary/aromatic N) is 1. The summed E-state index contributed by atoms with van der Waals surface area (Å²) in [7, 11) is -3.85. The number of piperidine rings is 1. The summed E-state index contributed by atoms with van der Waals surface area (Å²) in [4.78, 5) is 26.6. The van der Waals surface area contributed by atoms with Gasteiger partial charge in [0, 0.05) is 30.9 Å². The summed E-state index contributed by atoms with van der Waals surface area (Å²) in [5, 5.41) is 2.83. The Morgan fingerprint density at radius 3 is 2.84 bits per heavy atom. The molecule has 1 amide bonds. The zero-order chi connectivity index (χ0) is 21.6. The number of sulfonamides is 1. The highest BCUT2D eigenvalue weighted by molar-refractivity contribution is 7.89. The fraction of sp³-hybridized carbons (Fsp3) is 0.300. The molecule has 0 radical (unpaired) electrons. The van der Waals surface area contributed by atoms with E-state index < -0.39 is 21.7 Å². The second kappa shape index (κ2) is 7.43. The number of fused-ring (bicyclic) bond motifs is 2. The van der Waals surface area contributed by atoms with Crippen LogP contribution in [0.25, 0.3) is 11.1 Å². The lowest BCUT2D eigenvalue weighted by atomic mass is 9.98. The van der Waals surface area contributed by atoms with Crippen LogP contribution in [0.4, 0.5) is 5.69 Å². The standard InChI is InChI=1S/C20H19N3O7S/c24-19(21-13-3-6-16-18(8-13)29-11-28-16)12-2-1-7-23(10-12)31(26,27)14-4-5-15-17(9-14)30-20(25)22-15/h3-6,8-9,12H,1-2,7,10-11H2,(H,21,24)(H,22,25)/t12-/m1/s1. The molecule has 3 aromatic rings. The normalized spacial score (nSPS) is 18.9. The third-order valence-corrected chi connectivity index (χ3v) is 7.29. The third kappa shape index (κ3) is 3.66. The van der Waals surface area contributed by atoms with Gasteiger partial charge in [-0.05, 0) is 37.1 Å². The van der Waals surface area contributed by atoms with Crippen LogP contribution in [0, 0.1) is 5.92 Å². The number of ether oxygens (including phenoxy) is 2. The molecule has 0 aliphatic carbocycles. The first-order valence-electron chi connectivity index (χ1n) is 9.74. The molecule has 0 saturated carbocycles. The van der Waals surface area contributed by atoms with E-state index in [0.717, 1.165) is 0 Å². The molecule has 1 fully saturated rings. The van der Waals surface area contributed by atoms with E-state index in [0.29, 0.717) is 42.1 Å². The second-order valence-electron chi connectivity index (χ2n) is 7.43. The molecule has 0 unspecified atom stereocenters. The van der Waals surface area contributed by atoms with Crippen molar-refractivity contribution in [1.82, 2.24) is 9.29 Å². The molecule has 0 spiro atoms. The van der Waals surface area contributed by atoms with Gasteiger partial charge in [0.05, 0.1) is 16.3 Å². The Bertz CT molecular complexity index is 1330. The van der Waals surface area contributed by atoms with Crippen LogP contribution in [0.2, 0.25) is 0 Å². The summed E-state index contributed by atoms with van der Waals surface area (Å²) in [5.74, 6) is -0.239. The Balaban J connectivity index is 1.32. The number of amides is 1. The van der Waals surface area contributed by atoms with E-state index in [9.17, 15) is 18.0 Å². The molecular formula is C20H19N3O7S. The van der Waals surface area contributed by atoms with Gasteiger partial charge in [0.15, 0.2) is 17.1 Å². The highest BCUT2D eigenvalue weighted by Gasteiger charge is 2.33. The average molecular weight is 445 g/mol. The van der Waals surface area contributed by atoms with Crippen LogP contribution in [0.1, 0.15) is 12.8 Å². The maximum absolute atomic E-state index is 13.1. The van der Waals surface area contributed by atoms with E-state index in [-0.39, 0.29) is 29.7 Å². The fourth-order valence-electron chi connectivity index (χ4n) is 3.83. The number of anilines is 1. The van der Waals surface area contributed by atoms with Crippen molar-refractivity contribution in [3.63, 3.8) is 0 Å². The number of oxazole rings is 1. The lowest BCUT2D eigenvalue weighted by Crippen LogP contribution is -2.43. The smallest absolute Gasteiger partial charge is 0.417 e. The van der Waals surface area contributed by atoms with Crippen molar-refractivity contribution in [2.75, 3.05) is 25.2 Å². The quantitative estimate of drug-likeness (QED) is 0.627. The highest BCUT2D eigenvalue weighted by Crippen LogP contribution is 2.34. The molecule has 1 aromatic heterocycles. The molecule has 2 aromatic carbocycles. The van der Waals surface area contributed by atoms with Crippen molar-refractivity contribution in [2.45, 2.75) is 17.7 Å². The number of hydrogen-bond donors (Lipinski definition) is 2. The lowest BCUT2D eigenvalue weighted by molar-refractivity contribution is -0.120. The van der Waals surface area contributed by atoms with Gasteiger partial charge in [-0.2, -0.15) is 4.31 Å². The first kappa shape index (κ1) is 19.6. The predicted molar refractivity (Wildman–Crippen MR) is 110 cm³/mol. The van der Waals surface area contributed by atoms with Crippen molar-refractivity contribution in [2.24, 2.45) is 5.92 Å². The average Bonchev–Trinajstić information content (AvgIpc) is 3.38. The summed E-state index contributed by atoms with van der Waals surface area (Å²) in [5.41, 5.74) is 1.14. The van der Waals surface area contributed by atoms with Crippen LogP contribution < -0.4 is 20.5 Å². The topological polar surface area (TPSA) is 131 Å². The Kier molecular flexibility index (Phi) is 4.71. The minimum absolute atomic E-state index is 0.0135. The van der Waals surface area contributed by atoms with E-state index in [1.807, 2.05) is 0 Å². The second-order valence-corrected chi connectivity index (χ2v) is 9.37. The van der Waals surface area contributed by atoms with E-state index in [1.165, 1.54) is 22.5 Å². The van der Waals surface area contributed by atoms with Crippen LogP contribution in [0.5, 0.6) is 11.5 Å². The molecular weight excluding hydrogens is 426 g/mol. The number of nitrogens with one attached hydrogen (secondary N) is 2. The minimum atomic E-state index is -3.85. The summed E-state index contributed by atoms with van der Waals surface area (Å²) in [6.45, 7) is 0.513. The molecule has 2 aliphatic rings. The van der Waals surface area contributed by atoms with E-state index >= 15 is 0 Å². The summed E-state index contributed by atoms with van der Waals surface area (Å²) >= 11 is 0. The van der Waals surface area contributed by atoms with Crippen molar-refractivity contribution in [3.05, 3.63) is 46.9 Å². The predicted octanol–water partition coefficient (Wildman–Crippen LogP) is 1.89. The van der Waals surface area contributed by atoms with Crippen LogP contribution in [-0.2, 0) is 14.8 Å². The van der Waals surface area contributed by atoms with Gasteiger partial charge in [-0.3, -0.25) is 9.78 Å². The van der Waals surface area contributed by atoms with Crippen molar-refractivity contribution in [1.29, 1.82) is 0 Å². The van der Waals surface area contributed by atoms with E-state index in [2.05, 4.69) is 10.3 Å². The Morgan fingerprint density at radius 1 is 1.13 bits per heavy atom. The van der Waals surface area contributed by atoms with Crippen LogP contribution in [0.15, 0.2) is 50.5 Å². The molecule has 3 heterocycles. The number of aromatic amines is 1. The van der Waals surface area contributed by atoms with Gasteiger partial charge >= 0.3 is 5.76 Å². The fourth-order valence-corrected chi connectivity index (χ4v) is 5.37. The van der Waals surface area contributed by atoms with Gasteiger partial charge in [-0.1, -0.05) is 0 Å². The maximum Gasteiger partial charge on any atom is 0.417 e. The molecule has 0 bridgehead atoms. The summed E-state index contributed by atoms with van der Waals surface area (Å²) in [6.07, 6.45) is 1.13. The number of carbonyl (C=O) groups excluding carboxylic acids is 1. The van der Waals surface area contributed by atoms with Gasteiger partial charge in [-0.15, -0.1) is 0 Å². The van der Waals surface area contributed by atoms with E-state index in [4.69, 9.17) is 13.9 Å². The lowest BCUT2D eigenvalue weighted by Gasteiger charge is -2.31. The summed E-state index contributed by atoms with van der Waals surface area (Å²) < 4.78 is 43.1. The number of aromatic nitrogens is 1. The molecule has 11 heteroatoms. The molecule has 1 atom stereocenters. The minimum Gasteiger partial charge on any atom is -0.454 e. The molecule has 2 aliphatic heterocycles. The molecule has 10 nitrogen and oxygen atoms in total. The number of carbonyl (C=O) groups is 1. The van der Waals surface area contributed by atoms with Crippen molar-refractivity contribution < 1.29 is 27.1 Å². The first-order valence-corrected chi connectivity index (χ1v) is 11.2. The van der Waals surface area contributed by atoms with Gasteiger partial charge in [0.2, 0.25) is 22.7 Å². The van der Waals surface area contributed by atoms with Gasteiger partial charge in [0.25, 0.3) is 0 Å². The van der Waals surface area contributed by atoms with Gasteiger partial charge < -0.3 is 19.2 Å². The van der Waals surface area contributed by atoms with Crippen LogP contribution in [-0.4, -0.2) is 43.5 Å². The molecule has 1 saturated heterocycles. The number of benzene rings is 2. The zero-order valence-electron chi connectivity index (χ0n) is 16.3. The zero-order valence-corrected chi connectivity index (χ0v) is 17.1. The van der Waals surface area contributed by atoms with E-state index in [1.54, 1.807) is 18.2 Å². The number of rotatable bonds is 4. The molecule has 31 heavy (non-hydrogen) atoms. The third-order valence-electron chi connectivity index (χ3n) is 5.43. The highest BCUT2D eigenvalue weighted by atomic mass is 32.2. The SMILES string of the molecule is O=C(Nc1ccc2c(c1)OCO2)[C@@H]1CCCN(S(=O)(=O)c2ccc3[nH]c(=O)oc3c2)C1. The van der Waals surface area contributed by atoms with Crippen LogP contribution >= 0.6 is 0 Å². The van der Waals surface area contributed by atoms with Crippen molar-refractivity contribution in [3.8, 4) is 11.5 Å². The molecule has 2 N–H and O–H groups in total. The van der Waals surface area contributed by atoms with Crippen LogP contribution in [0.3, 0.4) is 0 Å². The molecule has 162 valence electrons. The Labute approximate surface area is 176 Å². The Hall–Kier alpha value is -3.31. The monoisotopic (exact) mass is 445 g/mol. The van der Waals surface area contributed by atoms with Gasteiger partial charge in [-0.25, -0.2) is 13.2 Å². The number of H-pyrrole nitrogens is 1. The first-order chi connectivity index (χ1) is 14.9. The maximum atomic E-state index is 13.1. The summed E-state index contributed by atoms with van der Waals surface area (Å²) in [6, 6.07) is 9.32. The van der Waals surface area contributed by atoms with Gasteiger partial charge in [0.1, 0.15) is 0 Å². The Morgan fingerprint density at radius 2 is 1.97 bits per heavy atom. The largest absolute Gasteiger partial charge is 0.454 e. The molecule has 5 rings (SSSR count).